The predicted molar refractivity (Wildman–Crippen MR) is 83.0 cm³/mol. The van der Waals surface area contributed by atoms with Crippen LogP contribution < -0.4 is 0 Å². The first-order valence-corrected chi connectivity index (χ1v) is 8.26. The van der Waals surface area contributed by atoms with E-state index < -0.39 is 0 Å². The van der Waals surface area contributed by atoms with E-state index >= 15 is 0 Å². The van der Waals surface area contributed by atoms with Gasteiger partial charge in [0.15, 0.2) is 0 Å². The second-order valence-corrected chi connectivity index (χ2v) is 6.11. The van der Waals surface area contributed by atoms with E-state index in [4.69, 9.17) is 5.11 Å². The minimum absolute atomic E-state index is 0.0313. The Morgan fingerprint density at radius 2 is 1.62 bits per heavy atom. The molecule has 0 aromatic carbocycles. The Bertz CT molecular complexity index is 331. The lowest BCUT2D eigenvalue weighted by Crippen LogP contribution is -2.50. The summed E-state index contributed by atoms with van der Waals surface area (Å²) >= 11 is 0. The van der Waals surface area contributed by atoms with Crippen LogP contribution in [0.4, 0.5) is 4.79 Å². The van der Waals surface area contributed by atoms with Gasteiger partial charge in [-0.2, -0.15) is 0 Å². The van der Waals surface area contributed by atoms with E-state index in [0.717, 1.165) is 32.1 Å². The van der Waals surface area contributed by atoms with Crippen LogP contribution >= 0.6 is 0 Å². The smallest absolute Gasteiger partial charge is 0.326 e. The van der Waals surface area contributed by atoms with Crippen molar-refractivity contribution in [2.75, 3.05) is 20.1 Å². The predicted octanol–water partition coefficient (Wildman–Crippen LogP) is 2.77. The second kappa shape index (κ2) is 9.77. The van der Waals surface area contributed by atoms with Gasteiger partial charge < -0.3 is 10.0 Å². The second-order valence-electron chi connectivity index (χ2n) is 6.11. The fourth-order valence-corrected chi connectivity index (χ4v) is 2.62. The van der Waals surface area contributed by atoms with Gasteiger partial charge in [0.25, 0.3) is 0 Å². The molecular formula is C16H30N2O3. The molecule has 1 unspecified atom stereocenters. The Hall–Kier alpha value is -1.10. The Kier molecular flexibility index (Phi) is 8.35. The molecule has 3 amide bonds. The molecule has 5 heteroatoms. The molecule has 0 aromatic heterocycles. The first kappa shape index (κ1) is 18.0. The molecule has 1 fully saturated rings. The summed E-state index contributed by atoms with van der Waals surface area (Å²) in [5, 5.41) is 9.15. The number of hydrogen-bond donors (Lipinski definition) is 1. The topological polar surface area (TPSA) is 60.9 Å². The van der Waals surface area contributed by atoms with Crippen LogP contribution in [0.3, 0.4) is 0 Å². The molecule has 0 spiro atoms. The van der Waals surface area contributed by atoms with Crippen LogP contribution in [0.1, 0.15) is 64.7 Å². The minimum Gasteiger partial charge on any atom is -0.393 e. The molecular weight excluding hydrogens is 268 g/mol. The molecule has 0 bridgehead atoms. The van der Waals surface area contributed by atoms with Gasteiger partial charge in [-0.15, -0.1) is 0 Å². The molecule has 1 aliphatic rings. The summed E-state index contributed by atoms with van der Waals surface area (Å²) in [6.45, 7) is 2.94. The lowest BCUT2D eigenvalue weighted by molar-refractivity contribution is -0.130. The van der Waals surface area contributed by atoms with Gasteiger partial charge in [-0.25, -0.2) is 4.79 Å². The van der Waals surface area contributed by atoms with Crippen molar-refractivity contribution in [2.45, 2.75) is 70.8 Å². The summed E-state index contributed by atoms with van der Waals surface area (Å²) in [7, 11) is 1.75. The summed E-state index contributed by atoms with van der Waals surface area (Å²) in [6.07, 6.45) is 8.97. The lowest BCUT2D eigenvalue weighted by atomic mass is 10.1. The van der Waals surface area contributed by atoms with Crippen molar-refractivity contribution in [1.29, 1.82) is 0 Å². The number of carbonyl (C=O) groups excluding carboxylic acids is 2. The van der Waals surface area contributed by atoms with Crippen molar-refractivity contribution < 1.29 is 14.7 Å². The maximum atomic E-state index is 11.8. The quantitative estimate of drug-likeness (QED) is 0.631. The molecule has 0 saturated carbocycles. The van der Waals surface area contributed by atoms with Crippen LogP contribution in [0.2, 0.25) is 0 Å². The van der Waals surface area contributed by atoms with Gasteiger partial charge in [0, 0.05) is 26.6 Å². The van der Waals surface area contributed by atoms with E-state index in [-0.39, 0.29) is 18.0 Å². The van der Waals surface area contributed by atoms with Crippen LogP contribution in [0.25, 0.3) is 0 Å². The average molecular weight is 298 g/mol. The van der Waals surface area contributed by atoms with Crippen LogP contribution in [0.5, 0.6) is 0 Å². The van der Waals surface area contributed by atoms with Gasteiger partial charge in [0.2, 0.25) is 5.91 Å². The first-order valence-electron chi connectivity index (χ1n) is 8.26. The Morgan fingerprint density at radius 3 is 2.24 bits per heavy atom. The zero-order valence-electron chi connectivity index (χ0n) is 13.5. The summed E-state index contributed by atoms with van der Waals surface area (Å²) in [4.78, 5) is 26.6. The van der Waals surface area contributed by atoms with E-state index in [9.17, 15) is 9.59 Å². The number of hydrogen-bond acceptors (Lipinski definition) is 3. The highest BCUT2D eigenvalue weighted by Crippen LogP contribution is 2.13. The lowest BCUT2D eigenvalue weighted by Gasteiger charge is -2.31. The van der Waals surface area contributed by atoms with Gasteiger partial charge in [0.1, 0.15) is 0 Å². The standard InChI is InChI=1S/C16H30N2O3/c1-14(19)10-8-6-4-3-5-7-9-12-18-15(20)11-13-17(2)16(18)21/h14,19H,3-13H2,1-2H3. The maximum absolute atomic E-state index is 11.8. The normalized spacial score (nSPS) is 17.5. The van der Waals surface area contributed by atoms with Crippen LogP contribution in [0.15, 0.2) is 0 Å². The Balaban J connectivity index is 2.01. The third-order valence-electron chi connectivity index (χ3n) is 4.02. The number of imide groups is 1. The van der Waals surface area contributed by atoms with Gasteiger partial charge in [0.05, 0.1) is 6.10 Å². The fourth-order valence-electron chi connectivity index (χ4n) is 2.62. The van der Waals surface area contributed by atoms with Crippen molar-refractivity contribution >= 4 is 11.9 Å². The van der Waals surface area contributed by atoms with Crippen LogP contribution in [0, 0.1) is 0 Å². The number of unbranched alkanes of at least 4 members (excludes halogenated alkanes) is 6. The highest BCUT2D eigenvalue weighted by molar-refractivity contribution is 5.96. The highest BCUT2D eigenvalue weighted by atomic mass is 16.3. The number of aliphatic hydroxyl groups excluding tert-OH is 1. The molecule has 1 saturated heterocycles. The largest absolute Gasteiger partial charge is 0.393 e. The molecule has 1 aliphatic heterocycles. The molecule has 0 radical (unpaired) electrons. The summed E-state index contributed by atoms with van der Waals surface area (Å²) in [6, 6.07) is -0.149. The molecule has 1 N–H and O–H groups in total. The minimum atomic E-state index is -0.178. The van der Waals surface area contributed by atoms with E-state index in [0.29, 0.717) is 19.5 Å². The van der Waals surface area contributed by atoms with E-state index in [2.05, 4.69) is 0 Å². The maximum Gasteiger partial charge on any atom is 0.326 e. The van der Waals surface area contributed by atoms with Gasteiger partial charge in [-0.05, 0) is 19.8 Å². The number of urea groups is 1. The number of aliphatic hydroxyl groups is 1. The molecule has 0 aliphatic carbocycles. The zero-order chi connectivity index (χ0) is 15.7. The van der Waals surface area contributed by atoms with Crippen molar-refractivity contribution in [3.8, 4) is 0 Å². The van der Waals surface area contributed by atoms with Gasteiger partial charge >= 0.3 is 6.03 Å². The molecule has 5 nitrogen and oxygen atoms in total. The monoisotopic (exact) mass is 298 g/mol. The number of amides is 3. The SMILES string of the molecule is CC(O)CCCCCCCCCN1C(=O)CCN(C)C1=O. The zero-order valence-corrected chi connectivity index (χ0v) is 13.5. The van der Waals surface area contributed by atoms with Gasteiger partial charge in [-0.3, -0.25) is 9.69 Å². The third-order valence-corrected chi connectivity index (χ3v) is 4.02. The first-order chi connectivity index (χ1) is 10.0. The van der Waals surface area contributed by atoms with E-state index in [1.54, 1.807) is 11.9 Å². The summed E-state index contributed by atoms with van der Waals surface area (Å²) in [5.41, 5.74) is 0. The van der Waals surface area contributed by atoms with Crippen molar-refractivity contribution in [2.24, 2.45) is 0 Å². The molecule has 0 aromatic rings. The molecule has 21 heavy (non-hydrogen) atoms. The molecule has 1 rings (SSSR count). The van der Waals surface area contributed by atoms with Gasteiger partial charge in [-0.1, -0.05) is 38.5 Å². The third kappa shape index (κ3) is 6.93. The van der Waals surface area contributed by atoms with Crippen LogP contribution in [-0.2, 0) is 4.79 Å². The average Bonchev–Trinajstić information content (AvgIpc) is 2.44. The van der Waals surface area contributed by atoms with E-state index in [1.165, 1.54) is 24.2 Å². The molecule has 1 atom stereocenters. The van der Waals surface area contributed by atoms with E-state index in [1.807, 2.05) is 6.92 Å². The summed E-state index contributed by atoms with van der Waals surface area (Å²) < 4.78 is 0. The number of rotatable bonds is 10. The Labute approximate surface area is 128 Å². The fraction of sp³-hybridized carbons (Fsp3) is 0.875. The molecule has 1 heterocycles. The van der Waals surface area contributed by atoms with Crippen molar-refractivity contribution in [1.82, 2.24) is 9.80 Å². The van der Waals surface area contributed by atoms with Crippen molar-refractivity contribution in [3.05, 3.63) is 0 Å². The summed E-state index contributed by atoms with van der Waals surface area (Å²) in [5.74, 6) is -0.0313. The number of nitrogens with zero attached hydrogens (tertiary/aromatic N) is 2. The Morgan fingerprint density at radius 1 is 1.05 bits per heavy atom. The number of carbonyl (C=O) groups is 2. The van der Waals surface area contributed by atoms with Crippen LogP contribution in [-0.4, -0.2) is 53.1 Å². The van der Waals surface area contributed by atoms with Crippen molar-refractivity contribution in [3.63, 3.8) is 0 Å². The molecule has 122 valence electrons. The highest BCUT2D eigenvalue weighted by Gasteiger charge is 2.28.